The number of aromatic nitrogens is 2. The molecule has 0 saturated heterocycles. The third kappa shape index (κ3) is 2.92. The number of halogens is 1. The molecule has 6 nitrogen and oxygen atoms in total. The highest BCUT2D eigenvalue weighted by Crippen LogP contribution is 2.29. The minimum absolute atomic E-state index is 0.0183. The van der Waals surface area contributed by atoms with Crippen molar-refractivity contribution in [3.8, 4) is 0 Å². The van der Waals surface area contributed by atoms with Gasteiger partial charge in [0.1, 0.15) is 0 Å². The molecule has 0 N–H and O–H groups in total. The van der Waals surface area contributed by atoms with Crippen LogP contribution in [0.25, 0.3) is 10.9 Å². The smallest absolute Gasteiger partial charge is 0.243 e. The molecule has 0 bridgehead atoms. The lowest BCUT2D eigenvalue weighted by Crippen LogP contribution is -2.44. The van der Waals surface area contributed by atoms with Crippen LogP contribution in [0, 0.1) is 0 Å². The predicted octanol–water partition coefficient (Wildman–Crippen LogP) is 3.02. The van der Waals surface area contributed by atoms with Crippen LogP contribution in [0.2, 0.25) is 5.28 Å². The molecule has 1 aliphatic rings. The molecule has 0 radical (unpaired) electrons. The zero-order chi connectivity index (χ0) is 18.3. The van der Waals surface area contributed by atoms with Crippen LogP contribution in [0.1, 0.15) is 11.1 Å². The van der Waals surface area contributed by atoms with Crippen molar-refractivity contribution in [3.63, 3.8) is 0 Å². The van der Waals surface area contributed by atoms with E-state index in [4.69, 9.17) is 11.6 Å². The van der Waals surface area contributed by atoms with Crippen LogP contribution in [0.5, 0.6) is 0 Å². The molecular formula is C18H17ClN4O2S. The molecule has 0 spiro atoms. The second-order valence-electron chi connectivity index (χ2n) is 6.16. The van der Waals surface area contributed by atoms with Gasteiger partial charge in [-0.1, -0.05) is 36.4 Å². The van der Waals surface area contributed by atoms with Gasteiger partial charge < -0.3 is 0 Å². The minimum atomic E-state index is -3.75. The lowest BCUT2D eigenvalue weighted by Gasteiger charge is -2.32. The van der Waals surface area contributed by atoms with Crippen molar-refractivity contribution in [2.24, 2.45) is 0 Å². The van der Waals surface area contributed by atoms with Crippen LogP contribution in [0.4, 0.5) is 5.82 Å². The number of benzene rings is 2. The predicted molar refractivity (Wildman–Crippen MR) is 102 cm³/mol. The SMILES string of the molecule is CN(c1nc(Cl)nc2ccccc12)S(=O)(=O)N1CCc2ccccc2C1. The first-order chi connectivity index (χ1) is 12.5. The number of para-hydroxylation sites is 1. The molecule has 0 atom stereocenters. The quantitative estimate of drug-likeness (QED) is 0.647. The van der Waals surface area contributed by atoms with Gasteiger partial charge in [-0.05, 0) is 41.3 Å². The second kappa shape index (κ2) is 6.50. The Morgan fingerprint density at radius 3 is 2.54 bits per heavy atom. The molecule has 26 heavy (non-hydrogen) atoms. The molecule has 0 unspecified atom stereocenters. The molecule has 0 fully saturated rings. The van der Waals surface area contributed by atoms with Crippen molar-refractivity contribution in [3.05, 3.63) is 64.9 Å². The molecule has 134 valence electrons. The van der Waals surface area contributed by atoms with Gasteiger partial charge in [0.25, 0.3) is 0 Å². The number of hydrogen-bond acceptors (Lipinski definition) is 4. The van der Waals surface area contributed by atoms with E-state index in [0.717, 1.165) is 5.56 Å². The highest BCUT2D eigenvalue weighted by Gasteiger charge is 2.32. The Kier molecular flexibility index (Phi) is 4.30. The molecule has 8 heteroatoms. The third-order valence-corrected chi connectivity index (χ3v) is 6.62. The first kappa shape index (κ1) is 17.2. The zero-order valence-corrected chi connectivity index (χ0v) is 15.7. The number of anilines is 1. The maximum Gasteiger partial charge on any atom is 0.305 e. The summed E-state index contributed by atoms with van der Waals surface area (Å²) >= 11 is 6.01. The van der Waals surface area contributed by atoms with Gasteiger partial charge in [-0.25, -0.2) is 9.29 Å². The summed E-state index contributed by atoms with van der Waals surface area (Å²) in [6, 6.07) is 15.1. The van der Waals surface area contributed by atoms with Gasteiger partial charge >= 0.3 is 10.2 Å². The fourth-order valence-electron chi connectivity index (χ4n) is 3.22. The molecule has 0 aliphatic carbocycles. The van der Waals surface area contributed by atoms with Gasteiger partial charge in [0.15, 0.2) is 5.82 Å². The summed E-state index contributed by atoms with van der Waals surface area (Å²) in [5.41, 5.74) is 2.83. The zero-order valence-electron chi connectivity index (χ0n) is 14.1. The third-order valence-electron chi connectivity index (χ3n) is 4.62. The van der Waals surface area contributed by atoms with Gasteiger partial charge in [0.2, 0.25) is 5.28 Å². The number of hydrogen-bond donors (Lipinski definition) is 0. The van der Waals surface area contributed by atoms with E-state index in [9.17, 15) is 8.42 Å². The highest BCUT2D eigenvalue weighted by molar-refractivity contribution is 7.90. The van der Waals surface area contributed by atoms with E-state index in [1.807, 2.05) is 36.4 Å². The standard InChI is InChI=1S/C18H17ClN4O2S/c1-22(17-15-8-4-5-9-16(15)20-18(19)21-17)26(24,25)23-11-10-13-6-2-3-7-14(13)12-23/h2-9H,10-12H2,1H3. The van der Waals surface area contributed by atoms with E-state index in [0.29, 0.717) is 30.4 Å². The van der Waals surface area contributed by atoms with E-state index in [2.05, 4.69) is 9.97 Å². The molecule has 1 aromatic heterocycles. The molecule has 0 amide bonds. The average Bonchev–Trinajstić information content (AvgIpc) is 2.66. The Balaban J connectivity index is 1.73. The van der Waals surface area contributed by atoms with Gasteiger partial charge in [-0.15, -0.1) is 0 Å². The summed E-state index contributed by atoms with van der Waals surface area (Å²) in [6.07, 6.45) is 0.689. The summed E-state index contributed by atoms with van der Waals surface area (Å²) in [5, 5.41) is 0.658. The Bertz CT molecular complexity index is 1090. The lowest BCUT2D eigenvalue weighted by atomic mass is 10.0. The number of rotatable bonds is 3. The molecular weight excluding hydrogens is 372 g/mol. The largest absolute Gasteiger partial charge is 0.305 e. The van der Waals surface area contributed by atoms with Crippen molar-refractivity contribution in [2.45, 2.75) is 13.0 Å². The average molecular weight is 389 g/mol. The van der Waals surface area contributed by atoms with Gasteiger partial charge in [-0.3, -0.25) is 0 Å². The number of nitrogens with zero attached hydrogens (tertiary/aromatic N) is 4. The van der Waals surface area contributed by atoms with E-state index < -0.39 is 10.2 Å². The fourth-order valence-corrected chi connectivity index (χ4v) is 4.72. The van der Waals surface area contributed by atoms with Gasteiger partial charge in [-0.2, -0.15) is 17.7 Å². The van der Waals surface area contributed by atoms with Gasteiger partial charge in [0, 0.05) is 25.5 Å². The lowest BCUT2D eigenvalue weighted by molar-refractivity contribution is 0.390. The van der Waals surface area contributed by atoms with Crippen molar-refractivity contribution < 1.29 is 8.42 Å². The fraction of sp³-hybridized carbons (Fsp3) is 0.222. The topological polar surface area (TPSA) is 66.4 Å². The van der Waals surface area contributed by atoms with E-state index in [-0.39, 0.29) is 11.1 Å². The summed E-state index contributed by atoms with van der Waals surface area (Å²) < 4.78 is 29.1. The van der Waals surface area contributed by atoms with Crippen LogP contribution in [-0.4, -0.2) is 36.3 Å². The summed E-state index contributed by atoms with van der Waals surface area (Å²) in [7, 11) is -2.25. The summed E-state index contributed by atoms with van der Waals surface area (Å²) in [4.78, 5) is 8.34. The minimum Gasteiger partial charge on any atom is -0.243 e. The molecule has 0 saturated carbocycles. The molecule has 2 aromatic carbocycles. The van der Waals surface area contributed by atoms with Crippen molar-refractivity contribution >= 4 is 38.5 Å². The summed E-state index contributed by atoms with van der Waals surface area (Å²) in [6.45, 7) is 0.778. The first-order valence-corrected chi connectivity index (χ1v) is 9.97. The Hall–Kier alpha value is -2.22. The maximum atomic E-state index is 13.2. The van der Waals surface area contributed by atoms with Crippen LogP contribution in [-0.2, 0) is 23.2 Å². The van der Waals surface area contributed by atoms with Crippen LogP contribution < -0.4 is 4.31 Å². The van der Waals surface area contributed by atoms with Crippen molar-refractivity contribution in [1.29, 1.82) is 0 Å². The van der Waals surface area contributed by atoms with E-state index >= 15 is 0 Å². The van der Waals surface area contributed by atoms with Crippen molar-refractivity contribution in [2.75, 3.05) is 17.9 Å². The Labute approximate surface area is 157 Å². The van der Waals surface area contributed by atoms with Crippen LogP contribution >= 0.6 is 11.6 Å². The van der Waals surface area contributed by atoms with E-state index in [1.165, 1.54) is 21.2 Å². The maximum absolute atomic E-state index is 13.2. The normalized spacial score (nSPS) is 15.0. The number of fused-ring (bicyclic) bond motifs is 2. The monoisotopic (exact) mass is 388 g/mol. The molecule has 3 aromatic rings. The molecule has 2 heterocycles. The first-order valence-electron chi connectivity index (χ1n) is 8.20. The van der Waals surface area contributed by atoms with Gasteiger partial charge in [0.05, 0.1) is 5.52 Å². The summed E-state index contributed by atoms with van der Waals surface area (Å²) in [5.74, 6) is 0.277. The van der Waals surface area contributed by atoms with Crippen LogP contribution in [0.3, 0.4) is 0 Å². The van der Waals surface area contributed by atoms with Crippen molar-refractivity contribution in [1.82, 2.24) is 14.3 Å². The highest BCUT2D eigenvalue weighted by atomic mass is 35.5. The Morgan fingerprint density at radius 1 is 1.04 bits per heavy atom. The molecule has 1 aliphatic heterocycles. The van der Waals surface area contributed by atoms with Crippen LogP contribution in [0.15, 0.2) is 48.5 Å². The molecule has 4 rings (SSSR count). The second-order valence-corrected chi connectivity index (χ2v) is 8.46. The van der Waals surface area contributed by atoms with E-state index in [1.54, 1.807) is 12.1 Å². The Morgan fingerprint density at radius 2 is 1.73 bits per heavy atom.